The van der Waals surface area contributed by atoms with Gasteiger partial charge in [0.2, 0.25) is 11.8 Å². The summed E-state index contributed by atoms with van der Waals surface area (Å²) in [4.78, 5) is 11.8. The third-order valence-corrected chi connectivity index (χ3v) is 4.71. The van der Waals surface area contributed by atoms with E-state index in [0.717, 1.165) is 12.8 Å². The third kappa shape index (κ3) is 1.85. The summed E-state index contributed by atoms with van der Waals surface area (Å²) in [5.74, 6) is -0.301. The van der Waals surface area contributed by atoms with Gasteiger partial charge in [0.15, 0.2) is 0 Å². The number of methoxy groups -OCH3 is 2. The molecule has 3 heterocycles. The van der Waals surface area contributed by atoms with Crippen LogP contribution in [0.3, 0.4) is 0 Å². The van der Waals surface area contributed by atoms with E-state index in [1.165, 1.54) is 24.9 Å². The number of hydrogen-bond acceptors (Lipinski definition) is 6. The van der Waals surface area contributed by atoms with Gasteiger partial charge in [-0.3, -0.25) is 4.57 Å². The molecule has 2 N–H and O–H groups in total. The number of hydrogen-bond donors (Lipinski definition) is 2. The zero-order valence-electron chi connectivity index (χ0n) is 13.3. The molecule has 0 amide bonds. The smallest absolute Gasteiger partial charge is 0.341 e. The van der Waals surface area contributed by atoms with Gasteiger partial charge in [0.25, 0.3) is 0 Å². The minimum atomic E-state index is -0.520. The number of esters is 1. The number of aromatic hydroxyl groups is 2. The molecule has 2 aliphatic rings. The maximum atomic E-state index is 11.8. The Morgan fingerprint density at radius 3 is 2.33 bits per heavy atom. The molecule has 0 spiro atoms. The van der Waals surface area contributed by atoms with E-state index in [2.05, 4.69) is 0 Å². The lowest BCUT2D eigenvalue weighted by Crippen LogP contribution is -2.05. The average Bonchev–Trinajstić information content (AvgIpc) is 3.27. The standard InChI is InChI=1S/C17H17NO6/c1-22-12-7-8(3-4-9(12)17(21)23-2)18-15(19)13-10-5-6-11(24-10)14(13)16(18)20/h3-4,7,10-11,19-20H,5-6H2,1-2H3. The Bertz CT molecular complexity index is 807. The fourth-order valence-electron chi connectivity index (χ4n) is 3.62. The van der Waals surface area contributed by atoms with Crippen molar-refractivity contribution >= 4 is 5.97 Å². The quantitative estimate of drug-likeness (QED) is 0.840. The van der Waals surface area contributed by atoms with Crippen LogP contribution in [0.5, 0.6) is 17.5 Å². The lowest BCUT2D eigenvalue weighted by atomic mass is 9.95. The SMILES string of the molecule is COC(=O)c1ccc(-n2c(O)c3c(c2O)C2CCC3O2)cc1OC. The normalized spacial score (nSPS) is 20.9. The molecule has 126 valence electrons. The molecule has 2 atom stereocenters. The van der Waals surface area contributed by atoms with Gasteiger partial charge in [0, 0.05) is 6.07 Å². The van der Waals surface area contributed by atoms with E-state index in [1.54, 1.807) is 12.1 Å². The molecule has 1 saturated heterocycles. The first-order valence-corrected chi connectivity index (χ1v) is 7.65. The van der Waals surface area contributed by atoms with E-state index in [-0.39, 0.29) is 29.5 Å². The van der Waals surface area contributed by atoms with Crippen molar-refractivity contribution in [3.05, 3.63) is 34.9 Å². The molecule has 2 aliphatic heterocycles. The predicted molar refractivity (Wildman–Crippen MR) is 82.8 cm³/mol. The molecule has 1 aromatic carbocycles. The number of benzene rings is 1. The summed E-state index contributed by atoms with van der Waals surface area (Å²) in [5, 5.41) is 21.2. The molecule has 2 unspecified atom stereocenters. The topological polar surface area (TPSA) is 90.2 Å². The number of carbonyl (C=O) groups is 1. The Labute approximate surface area is 138 Å². The fourth-order valence-corrected chi connectivity index (χ4v) is 3.62. The Balaban J connectivity index is 1.85. The molecular weight excluding hydrogens is 314 g/mol. The number of aromatic nitrogens is 1. The third-order valence-electron chi connectivity index (χ3n) is 4.71. The molecule has 0 aliphatic carbocycles. The maximum Gasteiger partial charge on any atom is 0.341 e. The molecule has 0 radical (unpaired) electrons. The van der Waals surface area contributed by atoms with Crippen LogP contribution >= 0.6 is 0 Å². The summed E-state index contributed by atoms with van der Waals surface area (Å²) in [7, 11) is 2.73. The Morgan fingerprint density at radius 1 is 1.17 bits per heavy atom. The zero-order chi connectivity index (χ0) is 17.0. The highest BCUT2D eigenvalue weighted by molar-refractivity contribution is 5.92. The van der Waals surface area contributed by atoms with Gasteiger partial charge in [-0.25, -0.2) is 4.79 Å². The monoisotopic (exact) mass is 331 g/mol. The molecule has 7 nitrogen and oxygen atoms in total. The highest BCUT2D eigenvalue weighted by Crippen LogP contribution is 2.58. The van der Waals surface area contributed by atoms with Gasteiger partial charge in [-0.2, -0.15) is 0 Å². The van der Waals surface area contributed by atoms with Crippen molar-refractivity contribution in [1.82, 2.24) is 4.57 Å². The fraction of sp³-hybridized carbons (Fsp3) is 0.353. The first-order valence-electron chi connectivity index (χ1n) is 7.65. The van der Waals surface area contributed by atoms with Crippen LogP contribution in [0.2, 0.25) is 0 Å². The number of ether oxygens (including phenoxy) is 3. The number of rotatable bonds is 3. The number of fused-ring (bicyclic) bond motifs is 5. The van der Waals surface area contributed by atoms with Crippen LogP contribution in [0.25, 0.3) is 5.69 Å². The van der Waals surface area contributed by atoms with Crippen molar-refractivity contribution < 1.29 is 29.2 Å². The molecule has 1 fully saturated rings. The summed E-state index contributed by atoms with van der Waals surface area (Å²) >= 11 is 0. The average molecular weight is 331 g/mol. The number of carbonyl (C=O) groups excluding carboxylic acids is 1. The van der Waals surface area contributed by atoms with E-state index in [9.17, 15) is 15.0 Å². The Kier molecular flexibility index (Phi) is 3.21. The lowest BCUT2D eigenvalue weighted by Gasteiger charge is -2.13. The summed E-state index contributed by atoms with van der Waals surface area (Å²) in [6.07, 6.45) is 1.32. The van der Waals surface area contributed by atoms with E-state index in [4.69, 9.17) is 14.2 Å². The van der Waals surface area contributed by atoms with Gasteiger partial charge >= 0.3 is 5.97 Å². The van der Waals surface area contributed by atoms with Gasteiger partial charge in [-0.15, -0.1) is 0 Å². The van der Waals surface area contributed by atoms with Crippen molar-refractivity contribution in [2.45, 2.75) is 25.0 Å². The molecule has 4 rings (SSSR count). The van der Waals surface area contributed by atoms with Crippen LogP contribution in [-0.4, -0.2) is 35.0 Å². The zero-order valence-corrected chi connectivity index (χ0v) is 13.3. The molecule has 24 heavy (non-hydrogen) atoms. The lowest BCUT2D eigenvalue weighted by molar-refractivity contribution is 0.0597. The second kappa shape index (κ2) is 5.17. The van der Waals surface area contributed by atoms with Crippen LogP contribution in [0, 0.1) is 0 Å². The molecule has 7 heteroatoms. The van der Waals surface area contributed by atoms with Crippen LogP contribution in [-0.2, 0) is 9.47 Å². The first-order chi connectivity index (χ1) is 11.6. The minimum Gasteiger partial charge on any atom is -0.496 e. The second-order valence-corrected chi connectivity index (χ2v) is 5.88. The van der Waals surface area contributed by atoms with E-state index >= 15 is 0 Å². The molecular formula is C17H17NO6. The van der Waals surface area contributed by atoms with Crippen molar-refractivity contribution in [2.24, 2.45) is 0 Å². The van der Waals surface area contributed by atoms with Crippen molar-refractivity contribution in [2.75, 3.05) is 14.2 Å². The molecule has 1 aromatic heterocycles. The van der Waals surface area contributed by atoms with Crippen LogP contribution in [0.15, 0.2) is 18.2 Å². The van der Waals surface area contributed by atoms with Gasteiger partial charge in [0.05, 0.1) is 43.2 Å². The highest BCUT2D eigenvalue weighted by Gasteiger charge is 2.45. The van der Waals surface area contributed by atoms with Crippen molar-refractivity contribution in [3.8, 4) is 23.2 Å². The van der Waals surface area contributed by atoms with Crippen LogP contribution in [0.1, 0.15) is 46.5 Å². The number of nitrogens with zero attached hydrogens (tertiary/aromatic N) is 1. The van der Waals surface area contributed by atoms with Gasteiger partial charge in [-0.1, -0.05) is 0 Å². The van der Waals surface area contributed by atoms with E-state index in [0.29, 0.717) is 22.6 Å². The highest BCUT2D eigenvalue weighted by atomic mass is 16.5. The minimum absolute atomic E-state index is 0.0393. The largest absolute Gasteiger partial charge is 0.496 e. The predicted octanol–water partition coefficient (Wildman–Crippen LogP) is 2.59. The van der Waals surface area contributed by atoms with Gasteiger partial charge in [0.1, 0.15) is 11.3 Å². The Morgan fingerprint density at radius 2 is 1.79 bits per heavy atom. The molecule has 2 bridgehead atoms. The van der Waals surface area contributed by atoms with Gasteiger partial charge < -0.3 is 24.4 Å². The first kappa shape index (κ1) is 14.9. The molecule has 2 aromatic rings. The van der Waals surface area contributed by atoms with Crippen molar-refractivity contribution in [3.63, 3.8) is 0 Å². The Hall–Kier alpha value is -2.67. The second-order valence-electron chi connectivity index (χ2n) is 5.88. The van der Waals surface area contributed by atoms with Crippen LogP contribution < -0.4 is 4.74 Å². The summed E-state index contributed by atoms with van der Waals surface area (Å²) in [6, 6.07) is 4.73. The molecule has 0 saturated carbocycles. The maximum absolute atomic E-state index is 11.8. The summed E-state index contributed by atoms with van der Waals surface area (Å²) in [5.41, 5.74) is 2.06. The van der Waals surface area contributed by atoms with Crippen molar-refractivity contribution in [1.29, 1.82) is 0 Å². The van der Waals surface area contributed by atoms with E-state index in [1.807, 2.05) is 0 Å². The van der Waals surface area contributed by atoms with Crippen LogP contribution in [0.4, 0.5) is 0 Å². The van der Waals surface area contributed by atoms with Gasteiger partial charge in [-0.05, 0) is 25.0 Å². The van der Waals surface area contributed by atoms with E-state index < -0.39 is 5.97 Å². The summed E-state index contributed by atoms with van der Waals surface area (Å²) in [6.45, 7) is 0. The summed E-state index contributed by atoms with van der Waals surface area (Å²) < 4.78 is 17.0.